The molecule has 0 saturated carbocycles. The molecule has 12 heavy (non-hydrogen) atoms. The summed E-state index contributed by atoms with van der Waals surface area (Å²) in [4.78, 5) is 0. The van der Waals surface area contributed by atoms with Crippen LogP contribution in [0.2, 0.25) is 0 Å². The SMILES string of the molecule is CC(C#N)C(C)(O)c1ccsc1. The second-order valence-corrected chi connectivity index (χ2v) is 3.79. The zero-order valence-electron chi connectivity index (χ0n) is 7.11. The van der Waals surface area contributed by atoms with Crippen LogP contribution in [0.15, 0.2) is 16.8 Å². The summed E-state index contributed by atoms with van der Waals surface area (Å²) < 4.78 is 0. The first kappa shape index (κ1) is 9.24. The molecule has 0 spiro atoms. The molecule has 0 amide bonds. The molecule has 0 aromatic carbocycles. The summed E-state index contributed by atoms with van der Waals surface area (Å²) in [6, 6.07) is 3.89. The molecule has 1 N–H and O–H groups in total. The molecule has 2 unspecified atom stereocenters. The summed E-state index contributed by atoms with van der Waals surface area (Å²) in [5, 5.41) is 22.4. The highest BCUT2D eigenvalue weighted by Crippen LogP contribution is 2.29. The molecule has 2 atom stereocenters. The molecule has 0 radical (unpaired) electrons. The Balaban J connectivity index is 2.95. The average molecular weight is 181 g/mol. The fourth-order valence-corrected chi connectivity index (χ4v) is 1.70. The zero-order chi connectivity index (χ0) is 9.19. The quantitative estimate of drug-likeness (QED) is 0.759. The first-order chi connectivity index (χ1) is 5.59. The van der Waals surface area contributed by atoms with Gasteiger partial charge in [0.15, 0.2) is 0 Å². The van der Waals surface area contributed by atoms with Crippen LogP contribution in [0.5, 0.6) is 0 Å². The number of hydrogen-bond acceptors (Lipinski definition) is 3. The van der Waals surface area contributed by atoms with Gasteiger partial charge in [-0.05, 0) is 36.2 Å². The lowest BCUT2D eigenvalue weighted by Gasteiger charge is -2.24. The lowest BCUT2D eigenvalue weighted by atomic mass is 9.87. The minimum Gasteiger partial charge on any atom is -0.384 e. The fraction of sp³-hybridized carbons (Fsp3) is 0.444. The second-order valence-electron chi connectivity index (χ2n) is 3.01. The lowest BCUT2D eigenvalue weighted by molar-refractivity contribution is 0.0237. The molecular weight excluding hydrogens is 170 g/mol. The van der Waals surface area contributed by atoms with Gasteiger partial charge in [-0.25, -0.2) is 0 Å². The molecule has 0 aliphatic rings. The highest BCUT2D eigenvalue weighted by Gasteiger charge is 2.30. The Kier molecular flexibility index (Phi) is 2.51. The topological polar surface area (TPSA) is 44.0 Å². The summed E-state index contributed by atoms with van der Waals surface area (Å²) >= 11 is 1.52. The van der Waals surface area contributed by atoms with Crippen molar-refractivity contribution in [3.05, 3.63) is 22.4 Å². The Hall–Kier alpha value is -0.850. The van der Waals surface area contributed by atoms with Gasteiger partial charge in [0, 0.05) is 0 Å². The maximum absolute atomic E-state index is 9.93. The van der Waals surface area contributed by atoms with Gasteiger partial charge >= 0.3 is 0 Å². The van der Waals surface area contributed by atoms with Gasteiger partial charge in [-0.3, -0.25) is 0 Å². The van der Waals surface area contributed by atoms with E-state index in [1.807, 2.05) is 22.9 Å². The molecule has 1 aromatic heterocycles. The molecule has 0 saturated heterocycles. The first-order valence-corrected chi connectivity index (χ1v) is 4.68. The monoisotopic (exact) mass is 181 g/mol. The van der Waals surface area contributed by atoms with Crippen molar-refractivity contribution in [3.63, 3.8) is 0 Å². The van der Waals surface area contributed by atoms with E-state index in [9.17, 15) is 5.11 Å². The Morgan fingerprint density at radius 3 is 2.83 bits per heavy atom. The van der Waals surface area contributed by atoms with E-state index in [1.165, 1.54) is 11.3 Å². The van der Waals surface area contributed by atoms with Crippen molar-refractivity contribution >= 4 is 11.3 Å². The largest absolute Gasteiger partial charge is 0.384 e. The van der Waals surface area contributed by atoms with Crippen molar-refractivity contribution in [2.75, 3.05) is 0 Å². The van der Waals surface area contributed by atoms with Crippen LogP contribution >= 0.6 is 11.3 Å². The van der Waals surface area contributed by atoms with Crippen molar-refractivity contribution in [2.45, 2.75) is 19.4 Å². The first-order valence-electron chi connectivity index (χ1n) is 3.73. The zero-order valence-corrected chi connectivity index (χ0v) is 7.93. The van der Waals surface area contributed by atoms with Crippen molar-refractivity contribution < 1.29 is 5.11 Å². The van der Waals surface area contributed by atoms with Gasteiger partial charge in [-0.2, -0.15) is 16.6 Å². The van der Waals surface area contributed by atoms with Crippen molar-refractivity contribution in [1.29, 1.82) is 5.26 Å². The molecular formula is C9H11NOS. The molecule has 0 aliphatic heterocycles. The predicted molar refractivity (Wildman–Crippen MR) is 48.7 cm³/mol. The third-order valence-electron chi connectivity index (χ3n) is 2.14. The minimum atomic E-state index is -1.02. The van der Waals surface area contributed by atoms with E-state index in [2.05, 4.69) is 0 Å². The second kappa shape index (κ2) is 3.26. The van der Waals surface area contributed by atoms with E-state index in [-0.39, 0.29) is 5.92 Å². The molecule has 1 heterocycles. The Morgan fingerprint density at radius 1 is 1.75 bits per heavy atom. The number of thiophene rings is 1. The molecule has 64 valence electrons. The Bertz CT molecular complexity index is 284. The van der Waals surface area contributed by atoms with Gasteiger partial charge in [0.2, 0.25) is 0 Å². The third kappa shape index (κ3) is 1.50. The van der Waals surface area contributed by atoms with Crippen molar-refractivity contribution in [1.82, 2.24) is 0 Å². The van der Waals surface area contributed by atoms with Gasteiger partial charge in [0.1, 0.15) is 5.60 Å². The van der Waals surface area contributed by atoms with E-state index in [0.29, 0.717) is 0 Å². The standard InChI is InChI=1S/C9H11NOS/c1-7(5-10)9(2,11)8-3-4-12-6-8/h3-4,6-7,11H,1-2H3. The molecule has 0 bridgehead atoms. The van der Waals surface area contributed by atoms with Gasteiger partial charge in [0.05, 0.1) is 12.0 Å². The summed E-state index contributed by atoms with van der Waals surface area (Å²) in [7, 11) is 0. The van der Waals surface area contributed by atoms with Gasteiger partial charge in [-0.1, -0.05) is 0 Å². The highest BCUT2D eigenvalue weighted by molar-refractivity contribution is 7.08. The van der Waals surface area contributed by atoms with Crippen LogP contribution < -0.4 is 0 Å². The number of rotatable bonds is 2. The highest BCUT2D eigenvalue weighted by atomic mass is 32.1. The van der Waals surface area contributed by atoms with E-state index in [4.69, 9.17) is 5.26 Å². The van der Waals surface area contributed by atoms with Crippen LogP contribution in [0.25, 0.3) is 0 Å². The summed E-state index contributed by atoms with van der Waals surface area (Å²) in [5.41, 5.74) is -0.198. The van der Waals surface area contributed by atoms with Crippen LogP contribution in [0, 0.1) is 17.2 Å². The third-order valence-corrected chi connectivity index (χ3v) is 2.83. The van der Waals surface area contributed by atoms with Crippen LogP contribution in [0.4, 0.5) is 0 Å². The molecule has 1 aromatic rings. The maximum atomic E-state index is 9.93. The van der Waals surface area contributed by atoms with E-state index in [1.54, 1.807) is 13.8 Å². The number of nitriles is 1. The predicted octanol–water partition coefficient (Wildman–Crippen LogP) is 2.12. The number of aliphatic hydroxyl groups is 1. The summed E-state index contributed by atoms with van der Waals surface area (Å²) in [5.74, 6) is -0.382. The minimum absolute atomic E-state index is 0.382. The van der Waals surface area contributed by atoms with Gasteiger partial charge < -0.3 is 5.11 Å². The molecule has 1 rings (SSSR count). The maximum Gasteiger partial charge on any atom is 0.103 e. The molecule has 2 nitrogen and oxygen atoms in total. The smallest absolute Gasteiger partial charge is 0.103 e. The Morgan fingerprint density at radius 2 is 2.42 bits per heavy atom. The molecule has 0 fully saturated rings. The van der Waals surface area contributed by atoms with E-state index in [0.717, 1.165) is 5.56 Å². The number of hydrogen-bond donors (Lipinski definition) is 1. The van der Waals surface area contributed by atoms with Crippen LogP contribution in [0.1, 0.15) is 19.4 Å². The Labute approximate surface area is 76.1 Å². The van der Waals surface area contributed by atoms with Gasteiger partial charge in [-0.15, -0.1) is 0 Å². The van der Waals surface area contributed by atoms with Crippen LogP contribution in [0.3, 0.4) is 0 Å². The number of nitrogens with zero attached hydrogens (tertiary/aromatic N) is 1. The normalized spacial score (nSPS) is 17.8. The van der Waals surface area contributed by atoms with Crippen LogP contribution in [-0.4, -0.2) is 5.11 Å². The summed E-state index contributed by atoms with van der Waals surface area (Å²) in [6.07, 6.45) is 0. The van der Waals surface area contributed by atoms with Crippen LogP contribution in [-0.2, 0) is 5.60 Å². The fourth-order valence-electron chi connectivity index (χ4n) is 0.928. The van der Waals surface area contributed by atoms with E-state index < -0.39 is 5.60 Å². The van der Waals surface area contributed by atoms with Gasteiger partial charge in [0.25, 0.3) is 0 Å². The summed E-state index contributed by atoms with van der Waals surface area (Å²) in [6.45, 7) is 3.39. The van der Waals surface area contributed by atoms with Crippen molar-refractivity contribution in [2.24, 2.45) is 5.92 Å². The van der Waals surface area contributed by atoms with E-state index >= 15 is 0 Å². The molecule has 3 heteroatoms. The van der Waals surface area contributed by atoms with Crippen molar-refractivity contribution in [3.8, 4) is 6.07 Å². The molecule has 0 aliphatic carbocycles. The lowest BCUT2D eigenvalue weighted by Crippen LogP contribution is -2.28. The average Bonchev–Trinajstić information content (AvgIpc) is 2.55.